The van der Waals surface area contributed by atoms with Gasteiger partial charge >= 0.3 is 0 Å². The summed E-state index contributed by atoms with van der Waals surface area (Å²) >= 11 is 1.27. The first-order chi connectivity index (χ1) is 17.4. The summed E-state index contributed by atoms with van der Waals surface area (Å²) in [6, 6.07) is 10.9. The lowest BCUT2D eigenvalue weighted by atomic mass is 10.2. The maximum absolute atomic E-state index is 14.3. The third-order valence-corrected chi connectivity index (χ3v) is 9.55. The summed E-state index contributed by atoms with van der Waals surface area (Å²) in [6.07, 6.45) is 2.43. The second kappa shape index (κ2) is 10.9. The zero-order valence-electron chi connectivity index (χ0n) is 19.9. The Morgan fingerprint density at radius 1 is 1.06 bits per heavy atom. The fraction of sp³-hybridized carbons (Fsp3) is 0.440. The van der Waals surface area contributed by atoms with Crippen molar-refractivity contribution in [3.63, 3.8) is 0 Å². The van der Waals surface area contributed by atoms with Crippen LogP contribution in [0, 0.1) is 5.82 Å². The van der Waals surface area contributed by atoms with Crippen LogP contribution < -0.4 is 4.90 Å². The minimum absolute atomic E-state index is 0.182. The van der Waals surface area contributed by atoms with Crippen LogP contribution in [-0.2, 0) is 14.8 Å². The Balaban J connectivity index is 1.38. The molecule has 0 saturated carbocycles. The van der Waals surface area contributed by atoms with E-state index in [0.29, 0.717) is 54.7 Å². The van der Waals surface area contributed by atoms with Crippen molar-refractivity contribution in [1.29, 1.82) is 0 Å². The van der Waals surface area contributed by atoms with E-state index in [1.807, 2.05) is 0 Å². The van der Waals surface area contributed by atoms with Crippen molar-refractivity contribution in [2.75, 3.05) is 57.4 Å². The Hall–Kier alpha value is -2.44. The van der Waals surface area contributed by atoms with E-state index in [9.17, 15) is 17.6 Å². The van der Waals surface area contributed by atoms with Gasteiger partial charge in [0.05, 0.1) is 22.8 Å². The van der Waals surface area contributed by atoms with E-state index in [1.54, 1.807) is 29.2 Å². The van der Waals surface area contributed by atoms with E-state index in [0.717, 1.165) is 32.5 Å². The summed E-state index contributed by atoms with van der Waals surface area (Å²) in [6.45, 7) is 5.37. The maximum atomic E-state index is 14.3. The van der Waals surface area contributed by atoms with E-state index in [-0.39, 0.29) is 16.3 Å². The van der Waals surface area contributed by atoms with E-state index in [4.69, 9.17) is 4.74 Å². The number of ether oxygens (including phenoxy) is 1. The van der Waals surface area contributed by atoms with Crippen molar-refractivity contribution < 1.29 is 22.3 Å². The molecule has 0 bridgehead atoms. The highest BCUT2D eigenvalue weighted by molar-refractivity contribution is 7.89. The van der Waals surface area contributed by atoms with Gasteiger partial charge in [-0.15, -0.1) is 0 Å². The van der Waals surface area contributed by atoms with Crippen molar-refractivity contribution in [1.82, 2.24) is 14.2 Å². The number of hydrogen-bond donors (Lipinski definition) is 0. The summed E-state index contributed by atoms with van der Waals surface area (Å²) in [7, 11) is -3.56. The number of aromatic nitrogens is 1. The molecule has 2 aliphatic rings. The van der Waals surface area contributed by atoms with Gasteiger partial charge in [-0.25, -0.2) is 17.8 Å². The van der Waals surface area contributed by atoms with Gasteiger partial charge in [-0.05, 0) is 55.7 Å². The van der Waals surface area contributed by atoms with Gasteiger partial charge in [0.25, 0.3) is 5.91 Å². The summed E-state index contributed by atoms with van der Waals surface area (Å²) in [5, 5.41) is 0.427. The third-order valence-electron chi connectivity index (χ3n) is 6.60. The number of carbonyl (C=O) groups excluding carboxylic acids is 1. The molecule has 2 saturated heterocycles. The second-order valence-corrected chi connectivity index (χ2v) is 11.9. The molecule has 0 radical (unpaired) electrons. The Kier molecular flexibility index (Phi) is 7.63. The molecule has 0 aliphatic carbocycles. The van der Waals surface area contributed by atoms with Gasteiger partial charge in [0.2, 0.25) is 10.0 Å². The number of benzene rings is 2. The number of morpholine rings is 1. The van der Waals surface area contributed by atoms with Crippen molar-refractivity contribution in [3.8, 4) is 0 Å². The van der Waals surface area contributed by atoms with Gasteiger partial charge in [0.15, 0.2) is 5.13 Å². The molecular weight excluding hydrogens is 503 g/mol. The molecule has 11 heteroatoms. The Labute approximate surface area is 214 Å². The summed E-state index contributed by atoms with van der Waals surface area (Å²) in [5.41, 5.74) is 0.608. The molecule has 0 atom stereocenters. The van der Waals surface area contributed by atoms with Crippen LogP contribution >= 0.6 is 11.3 Å². The Bertz CT molecular complexity index is 1320. The molecule has 2 fully saturated rings. The van der Waals surface area contributed by atoms with Crippen LogP contribution in [-0.4, -0.2) is 81.0 Å². The fourth-order valence-corrected chi connectivity index (χ4v) is 7.10. The zero-order chi connectivity index (χ0) is 25.1. The van der Waals surface area contributed by atoms with Crippen molar-refractivity contribution in [2.45, 2.75) is 24.2 Å². The molecular formula is C25H29FN4O4S2. The van der Waals surface area contributed by atoms with Gasteiger partial charge in [-0.2, -0.15) is 4.31 Å². The van der Waals surface area contributed by atoms with Crippen LogP contribution in [0.1, 0.15) is 29.6 Å². The number of para-hydroxylation sites is 1. The average Bonchev–Trinajstić information content (AvgIpc) is 3.59. The lowest BCUT2D eigenvalue weighted by Gasteiger charge is -2.27. The smallest absolute Gasteiger partial charge is 0.260 e. The molecule has 8 nitrogen and oxygen atoms in total. The van der Waals surface area contributed by atoms with Gasteiger partial charge < -0.3 is 4.74 Å². The van der Waals surface area contributed by atoms with Gasteiger partial charge in [0, 0.05) is 44.8 Å². The number of amides is 1. The molecule has 3 aromatic rings. The summed E-state index contributed by atoms with van der Waals surface area (Å²) < 4.78 is 47.6. The van der Waals surface area contributed by atoms with Crippen LogP contribution in [0.3, 0.4) is 0 Å². The first kappa shape index (κ1) is 25.2. The molecule has 0 spiro atoms. The number of anilines is 1. The third kappa shape index (κ3) is 5.30. The molecule has 0 unspecified atom stereocenters. The highest BCUT2D eigenvalue weighted by Crippen LogP contribution is 2.31. The van der Waals surface area contributed by atoms with Crippen molar-refractivity contribution >= 4 is 42.6 Å². The first-order valence-electron chi connectivity index (χ1n) is 12.2. The molecule has 2 aromatic carbocycles. The monoisotopic (exact) mass is 532 g/mol. The van der Waals surface area contributed by atoms with Crippen LogP contribution in [0.5, 0.6) is 0 Å². The highest BCUT2D eigenvalue weighted by atomic mass is 32.2. The maximum Gasteiger partial charge on any atom is 0.260 e. The number of carbonyl (C=O) groups is 1. The number of hydrogen-bond acceptors (Lipinski definition) is 7. The summed E-state index contributed by atoms with van der Waals surface area (Å²) in [5.74, 6) is -0.714. The minimum atomic E-state index is -3.56. The second-order valence-electron chi connectivity index (χ2n) is 8.98. The fourth-order valence-electron chi connectivity index (χ4n) is 4.58. The molecule has 192 valence electrons. The zero-order valence-corrected chi connectivity index (χ0v) is 21.6. The van der Waals surface area contributed by atoms with Crippen LogP contribution in [0.15, 0.2) is 47.4 Å². The molecule has 1 aromatic heterocycles. The van der Waals surface area contributed by atoms with E-state index < -0.39 is 15.8 Å². The van der Waals surface area contributed by atoms with Gasteiger partial charge in [-0.3, -0.25) is 14.6 Å². The Morgan fingerprint density at radius 3 is 2.47 bits per heavy atom. The normalized spacial score (nSPS) is 17.6. The van der Waals surface area contributed by atoms with Gasteiger partial charge in [0.1, 0.15) is 11.3 Å². The lowest BCUT2D eigenvalue weighted by molar-refractivity contribution is 0.0376. The molecule has 1 amide bonds. The SMILES string of the molecule is O=C(c1ccc(S(=O)(=O)N2CCCC2)cc1)N(CCCN1CCOCC1)c1nc2c(F)cccc2s1. The molecule has 2 aliphatic heterocycles. The lowest BCUT2D eigenvalue weighted by Crippen LogP contribution is -2.39. The van der Waals surface area contributed by atoms with E-state index in [2.05, 4.69) is 9.88 Å². The largest absolute Gasteiger partial charge is 0.379 e. The summed E-state index contributed by atoms with van der Waals surface area (Å²) in [4.78, 5) is 22.1. The molecule has 0 N–H and O–H groups in total. The molecule has 5 rings (SSSR count). The topological polar surface area (TPSA) is 83.1 Å². The molecule has 36 heavy (non-hydrogen) atoms. The van der Waals surface area contributed by atoms with Gasteiger partial charge in [-0.1, -0.05) is 17.4 Å². The van der Waals surface area contributed by atoms with Crippen molar-refractivity contribution in [3.05, 3.63) is 53.8 Å². The number of thiazole rings is 1. The number of nitrogens with zero attached hydrogens (tertiary/aromatic N) is 4. The quantitative estimate of drug-likeness (QED) is 0.441. The number of halogens is 1. The minimum Gasteiger partial charge on any atom is -0.379 e. The number of sulfonamides is 1. The van der Waals surface area contributed by atoms with E-state index in [1.165, 1.54) is 33.8 Å². The molecule has 3 heterocycles. The number of fused-ring (bicyclic) bond motifs is 1. The van der Waals surface area contributed by atoms with E-state index >= 15 is 0 Å². The predicted molar refractivity (Wildman–Crippen MR) is 138 cm³/mol. The van der Waals surface area contributed by atoms with Crippen LogP contribution in [0.4, 0.5) is 9.52 Å². The number of rotatable bonds is 8. The standard InChI is InChI=1S/C25H29FN4O4S2/c26-21-5-3-6-22-23(21)27-25(35-22)30(14-4-11-28-15-17-34-18-16-28)24(31)19-7-9-20(10-8-19)36(32,33)29-12-1-2-13-29/h3,5-10H,1-2,4,11-18H2. The highest BCUT2D eigenvalue weighted by Gasteiger charge is 2.28. The van der Waals surface area contributed by atoms with Crippen molar-refractivity contribution in [2.24, 2.45) is 0 Å². The first-order valence-corrected chi connectivity index (χ1v) is 14.5. The predicted octanol–water partition coefficient (Wildman–Crippen LogP) is 3.59. The Morgan fingerprint density at radius 2 is 1.78 bits per heavy atom. The van der Waals surface area contributed by atoms with Crippen LogP contribution in [0.25, 0.3) is 10.2 Å². The van der Waals surface area contributed by atoms with Crippen LogP contribution in [0.2, 0.25) is 0 Å². The average molecular weight is 533 g/mol.